The second-order valence-corrected chi connectivity index (χ2v) is 4.71. The number of fused-ring (bicyclic) bond motifs is 1. The molecule has 1 aliphatic heterocycles. The van der Waals surface area contributed by atoms with Gasteiger partial charge in [-0.2, -0.15) is 0 Å². The topological polar surface area (TPSA) is 40.5 Å². The number of amides is 1. The molecular weight excluding hydrogens is 226 g/mol. The molecule has 2 aromatic carbocycles. The van der Waals surface area contributed by atoms with Gasteiger partial charge in [0.1, 0.15) is 5.75 Å². The number of nitrogens with zero attached hydrogens (tertiary/aromatic N) is 1. The summed E-state index contributed by atoms with van der Waals surface area (Å²) in [5.74, 6) is 0.352. The van der Waals surface area contributed by atoms with E-state index in [0.29, 0.717) is 5.56 Å². The van der Waals surface area contributed by atoms with E-state index >= 15 is 0 Å². The predicted octanol–water partition coefficient (Wildman–Crippen LogP) is 2.78. The highest BCUT2D eigenvalue weighted by atomic mass is 16.3. The summed E-state index contributed by atoms with van der Waals surface area (Å²) in [7, 11) is 0. The average molecular weight is 241 g/mol. The highest BCUT2D eigenvalue weighted by Crippen LogP contribution is 2.25. The molecule has 18 heavy (non-hydrogen) atoms. The van der Waals surface area contributed by atoms with Crippen LogP contribution in [0.3, 0.4) is 0 Å². The van der Waals surface area contributed by atoms with Crippen LogP contribution >= 0.6 is 0 Å². The summed E-state index contributed by atoms with van der Waals surface area (Å²) in [6, 6.07) is 10.8. The van der Waals surface area contributed by atoms with Crippen LogP contribution in [0.15, 0.2) is 36.4 Å². The number of benzene rings is 2. The molecule has 0 bridgehead atoms. The molecule has 0 radical (unpaired) electrons. The molecule has 1 heterocycles. The van der Waals surface area contributed by atoms with E-state index in [2.05, 4.69) is 0 Å². The van der Waals surface area contributed by atoms with Crippen LogP contribution in [0.2, 0.25) is 0 Å². The van der Waals surface area contributed by atoms with Crippen molar-refractivity contribution in [3.63, 3.8) is 0 Å². The monoisotopic (exact) mass is 241 g/mol. The maximum Gasteiger partial charge on any atom is 0.253 e. The van der Waals surface area contributed by atoms with Gasteiger partial charge in [0, 0.05) is 24.0 Å². The van der Waals surface area contributed by atoms with Gasteiger partial charge >= 0.3 is 0 Å². The first kappa shape index (κ1) is 11.1. The molecule has 0 spiro atoms. The Bertz CT molecular complexity index is 600. The molecule has 3 rings (SSSR count). The first-order valence-corrected chi connectivity index (χ1v) is 6.27. The summed E-state index contributed by atoms with van der Waals surface area (Å²) >= 11 is 0. The van der Waals surface area contributed by atoms with Gasteiger partial charge in [0.05, 0.1) is 0 Å². The van der Waals surface area contributed by atoms with Crippen LogP contribution in [0, 0.1) is 0 Å². The Labute approximate surface area is 106 Å². The van der Waals surface area contributed by atoms with Crippen molar-refractivity contribution in [1.82, 2.24) is 4.90 Å². The minimum absolute atomic E-state index is 0.0951. The fourth-order valence-electron chi connectivity index (χ4n) is 2.50. The molecule has 1 amide bonds. The van der Waals surface area contributed by atoms with Gasteiger partial charge in [-0.05, 0) is 42.5 Å². The van der Waals surface area contributed by atoms with E-state index in [1.165, 1.54) is 0 Å². The minimum atomic E-state index is 0.0951. The molecule has 2 aromatic rings. The molecule has 1 saturated heterocycles. The van der Waals surface area contributed by atoms with Crippen LogP contribution in [0.5, 0.6) is 5.75 Å². The van der Waals surface area contributed by atoms with Gasteiger partial charge in [0.2, 0.25) is 0 Å². The van der Waals surface area contributed by atoms with Crippen molar-refractivity contribution in [2.24, 2.45) is 0 Å². The fourth-order valence-corrected chi connectivity index (χ4v) is 2.50. The van der Waals surface area contributed by atoms with Gasteiger partial charge < -0.3 is 10.0 Å². The summed E-state index contributed by atoms with van der Waals surface area (Å²) < 4.78 is 0. The number of likely N-dealkylation sites (tertiary alicyclic amines) is 1. The smallest absolute Gasteiger partial charge is 0.253 e. The van der Waals surface area contributed by atoms with E-state index in [4.69, 9.17) is 0 Å². The van der Waals surface area contributed by atoms with E-state index in [1.807, 2.05) is 23.1 Å². The summed E-state index contributed by atoms with van der Waals surface area (Å²) in [6.45, 7) is 1.72. The van der Waals surface area contributed by atoms with Gasteiger partial charge in [0.15, 0.2) is 0 Å². The third-order valence-electron chi connectivity index (χ3n) is 3.50. The molecule has 92 valence electrons. The highest BCUT2D eigenvalue weighted by Gasteiger charge is 2.19. The van der Waals surface area contributed by atoms with Crippen LogP contribution in [0.1, 0.15) is 23.2 Å². The summed E-state index contributed by atoms with van der Waals surface area (Å²) in [6.07, 6.45) is 2.19. The van der Waals surface area contributed by atoms with Crippen LogP contribution in [0.25, 0.3) is 10.8 Å². The fraction of sp³-hybridized carbons (Fsp3) is 0.267. The zero-order valence-corrected chi connectivity index (χ0v) is 10.1. The third-order valence-corrected chi connectivity index (χ3v) is 3.50. The molecule has 0 aromatic heterocycles. The van der Waals surface area contributed by atoms with Crippen LogP contribution in [-0.4, -0.2) is 29.0 Å². The number of carbonyl (C=O) groups excluding carboxylic acids is 1. The lowest BCUT2D eigenvalue weighted by molar-refractivity contribution is 0.0793. The van der Waals surface area contributed by atoms with Crippen molar-refractivity contribution in [2.45, 2.75) is 12.8 Å². The van der Waals surface area contributed by atoms with Gasteiger partial charge in [-0.3, -0.25) is 4.79 Å². The number of rotatable bonds is 1. The van der Waals surface area contributed by atoms with Crippen molar-refractivity contribution < 1.29 is 9.90 Å². The lowest BCUT2D eigenvalue weighted by atomic mass is 10.1. The van der Waals surface area contributed by atoms with Crippen molar-refractivity contribution in [2.75, 3.05) is 13.1 Å². The van der Waals surface area contributed by atoms with Gasteiger partial charge in [-0.15, -0.1) is 0 Å². The largest absolute Gasteiger partial charge is 0.507 e. The van der Waals surface area contributed by atoms with Gasteiger partial charge in [0.25, 0.3) is 5.91 Å². The Kier molecular flexibility index (Phi) is 2.67. The first-order valence-electron chi connectivity index (χ1n) is 6.27. The van der Waals surface area contributed by atoms with Crippen molar-refractivity contribution in [3.8, 4) is 5.75 Å². The molecule has 1 aliphatic rings. The van der Waals surface area contributed by atoms with E-state index in [-0.39, 0.29) is 11.7 Å². The molecule has 3 heteroatoms. The number of hydrogen-bond acceptors (Lipinski definition) is 2. The third kappa shape index (κ3) is 1.82. The number of hydrogen-bond donors (Lipinski definition) is 1. The maximum atomic E-state index is 12.2. The number of phenols is 1. The molecule has 3 nitrogen and oxygen atoms in total. The number of phenolic OH excluding ortho intramolecular Hbond substituents is 1. The standard InChI is InChI=1S/C15H15NO2/c17-14-5-3-4-11-10-12(6-7-13(11)14)15(18)16-8-1-2-9-16/h3-7,10,17H,1-2,8-9H2. The highest BCUT2D eigenvalue weighted by molar-refractivity contribution is 5.99. The van der Waals surface area contributed by atoms with Crippen molar-refractivity contribution in [3.05, 3.63) is 42.0 Å². The normalized spacial score (nSPS) is 15.2. The minimum Gasteiger partial charge on any atom is -0.507 e. The quantitative estimate of drug-likeness (QED) is 0.834. The van der Waals surface area contributed by atoms with Crippen molar-refractivity contribution in [1.29, 1.82) is 0 Å². The zero-order chi connectivity index (χ0) is 12.5. The number of carbonyl (C=O) groups is 1. The Morgan fingerprint density at radius 1 is 1.11 bits per heavy atom. The molecule has 1 N–H and O–H groups in total. The Morgan fingerprint density at radius 2 is 1.89 bits per heavy atom. The Hall–Kier alpha value is -2.03. The Balaban J connectivity index is 2.00. The summed E-state index contributed by atoms with van der Waals surface area (Å²) in [5.41, 5.74) is 0.704. The molecular formula is C15H15NO2. The Morgan fingerprint density at radius 3 is 2.67 bits per heavy atom. The second-order valence-electron chi connectivity index (χ2n) is 4.71. The van der Waals surface area contributed by atoms with E-state index in [0.717, 1.165) is 36.7 Å². The van der Waals surface area contributed by atoms with E-state index in [9.17, 15) is 9.90 Å². The van der Waals surface area contributed by atoms with Crippen LogP contribution < -0.4 is 0 Å². The SMILES string of the molecule is O=C(c1ccc2c(O)cccc2c1)N1CCCC1. The zero-order valence-electron chi connectivity index (χ0n) is 10.1. The van der Waals surface area contributed by atoms with Gasteiger partial charge in [-0.25, -0.2) is 0 Å². The van der Waals surface area contributed by atoms with E-state index < -0.39 is 0 Å². The molecule has 0 unspecified atom stereocenters. The van der Waals surface area contributed by atoms with Crippen LogP contribution in [0.4, 0.5) is 0 Å². The number of aromatic hydroxyl groups is 1. The van der Waals surface area contributed by atoms with Crippen molar-refractivity contribution >= 4 is 16.7 Å². The molecule has 0 atom stereocenters. The molecule has 0 saturated carbocycles. The predicted molar refractivity (Wildman–Crippen MR) is 70.8 cm³/mol. The second kappa shape index (κ2) is 4.33. The molecule has 0 aliphatic carbocycles. The van der Waals surface area contributed by atoms with Crippen LogP contribution in [-0.2, 0) is 0 Å². The lowest BCUT2D eigenvalue weighted by Crippen LogP contribution is -2.27. The lowest BCUT2D eigenvalue weighted by Gasteiger charge is -2.15. The summed E-state index contributed by atoms with van der Waals surface area (Å²) in [5, 5.41) is 11.4. The maximum absolute atomic E-state index is 12.2. The molecule has 1 fully saturated rings. The summed E-state index contributed by atoms with van der Waals surface area (Å²) in [4.78, 5) is 14.1. The van der Waals surface area contributed by atoms with E-state index in [1.54, 1.807) is 18.2 Å². The first-order chi connectivity index (χ1) is 8.75. The van der Waals surface area contributed by atoms with Gasteiger partial charge in [-0.1, -0.05) is 12.1 Å². The average Bonchev–Trinajstić information content (AvgIpc) is 2.91.